The number of benzene rings is 1. The van der Waals surface area contributed by atoms with Crippen molar-refractivity contribution in [2.24, 2.45) is 0 Å². The predicted octanol–water partition coefficient (Wildman–Crippen LogP) is 4.39. The first kappa shape index (κ1) is 18.0. The Bertz CT molecular complexity index is 1040. The van der Waals surface area contributed by atoms with Gasteiger partial charge < -0.3 is 4.74 Å². The zero-order valence-corrected chi connectivity index (χ0v) is 15.8. The van der Waals surface area contributed by atoms with Crippen LogP contribution < -0.4 is 4.74 Å². The number of fused-ring (bicyclic) bond motifs is 1. The molecule has 0 aliphatic heterocycles. The second-order valence-corrected chi connectivity index (χ2v) is 6.75. The molecule has 5 nitrogen and oxygen atoms in total. The normalized spacial score (nSPS) is 12.0. The van der Waals surface area contributed by atoms with E-state index >= 15 is 0 Å². The number of aromatic nitrogens is 4. The zero-order valence-electron chi connectivity index (χ0n) is 15.8. The van der Waals surface area contributed by atoms with Crippen molar-refractivity contribution in [3.63, 3.8) is 0 Å². The van der Waals surface area contributed by atoms with Gasteiger partial charge in [-0.3, -0.25) is 4.98 Å². The summed E-state index contributed by atoms with van der Waals surface area (Å²) < 4.78 is 5.48. The van der Waals surface area contributed by atoms with Crippen LogP contribution in [-0.2, 0) is 12.8 Å². The first-order valence-corrected chi connectivity index (χ1v) is 9.48. The Balaban J connectivity index is 1.63. The maximum Gasteiger partial charge on any atom is 0.213 e. The third kappa shape index (κ3) is 4.31. The molecular formula is C23H22N4O. The largest absolute Gasteiger partial charge is 0.478 e. The highest BCUT2D eigenvalue weighted by atomic mass is 16.5. The van der Waals surface area contributed by atoms with Gasteiger partial charge in [0.15, 0.2) is 0 Å². The molecule has 5 heteroatoms. The molecule has 0 aliphatic rings. The highest BCUT2D eigenvalue weighted by molar-refractivity contribution is 5.78. The predicted molar refractivity (Wildman–Crippen MR) is 109 cm³/mol. The third-order valence-corrected chi connectivity index (χ3v) is 4.75. The zero-order chi connectivity index (χ0) is 19.2. The minimum Gasteiger partial charge on any atom is -0.478 e. The molecule has 0 spiro atoms. The molecule has 0 aliphatic carbocycles. The van der Waals surface area contributed by atoms with Crippen molar-refractivity contribution in [2.45, 2.75) is 25.7 Å². The molecule has 0 fully saturated rings. The molecule has 1 atom stereocenters. The van der Waals surface area contributed by atoms with Gasteiger partial charge in [-0.2, -0.15) is 0 Å². The molecule has 0 N–H and O–H groups in total. The molecule has 0 amide bonds. The Hall–Kier alpha value is -3.34. The minimum atomic E-state index is 0.247. The van der Waals surface area contributed by atoms with Crippen molar-refractivity contribution >= 4 is 10.9 Å². The van der Waals surface area contributed by atoms with Crippen LogP contribution in [0.2, 0.25) is 0 Å². The topological polar surface area (TPSA) is 60.8 Å². The fraction of sp³-hybridized carbons (Fsp3) is 0.217. The second-order valence-electron chi connectivity index (χ2n) is 6.75. The summed E-state index contributed by atoms with van der Waals surface area (Å²) >= 11 is 0. The number of nitrogens with zero attached hydrogens (tertiary/aromatic N) is 4. The van der Waals surface area contributed by atoms with Gasteiger partial charge in [0.05, 0.1) is 12.1 Å². The second kappa shape index (κ2) is 8.57. The smallest absolute Gasteiger partial charge is 0.213 e. The lowest BCUT2D eigenvalue weighted by molar-refractivity contribution is 0.326. The van der Waals surface area contributed by atoms with E-state index < -0.39 is 0 Å². The van der Waals surface area contributed by atoms with Crippen LogP contribution >= 0.6 is 0 Å². The van der Waals surface area contributed by atoms with Crippen molar-refractivity contribution in [3.8, 4) is 5.88 Å². The van der Waals surface area contributed by atoms with Gasteiger partial charge in [-0.25, -0.2) is 15.0 Å². The van der Waals surface area contributed by atoms with Gasteiger partial charge in [0.25, 0.3) is 0 Å². The summed E-state index contributed by atoms with van der Waals surface area (Å²) in [5.74, 6) is 0.901. The summed E-state index contributed by atoms with van der Waals surface area (Å²) in [6, 6.07) is 14.5. The lowest BCUT2D eigenvalue weighted by Gasteiger charge is -2.18. The number of hydrogen-bond donors (Lipinski definition) is 0. The lowest BCUT2D eigenvalue weighted by atomic mass is 9.88. The van der Waals surface area contributed by atoms with Crippen LogP contribution in [0.5, 0.6) is 5.88 Å². The standard InChI is InChI=1S/C23H22N4O/c1-2-28-23-8-7-20(15-27-23)21(11-18-12-24-16-25-13-18)10-17-9-19-5-3-4-6-22(19)26-14-17/h3-9,12-16,21H,2,10-11H2,1H3. The number of ether oxygens (including phenoxy) is 1. The van der Waals surface area contributed by atoms with Crippen molar-refractivity contribution in [1.29, 1.82) is 0 Å². The highest BCUT2D eigenvalue weighted by Crippen LogP contribution is 2.26. The molecule has 0 bridgehead atoms. The summed E-state index contributed by atoms with van der Waals surface area (Å²) in [7, 11) is 0. The molecule has 4 rings (SSSR count). The molecule has 0 saturated heterocycles. The molecule has 0 radical (unpaired) electrons. The fourth-order valence-corrected chi connectivity index (χ4v) is 3.41. The molecule has 4 aromatic rings. The molecular weight excluding hydrogens is 348 g/mol. The van der Waals surface area contributed by atoms with Gasteiger partial charge in [0, 0.05) is 36.2 Å². The van der Waals surface area contributed by atoms with E-state index in [4.69, 9.17) is 4.74 Å². The van der Waals surface area contributed by atoms with Crippen molar-refractivity contribution < 1.29 is 4.74 Å². The SMILES string of the molecule is CCOc1ccc(C(Cc2cncnc2)Cc2cnc3ccccc3c2)cn1. The van der Waals surface area contributed by atoms with Crippen LogP contribution in [0.3, 0.4) is 0 Å². The molecule has 1 unspecified atom stereocenters. The van der Waals surface area contributed by atoms with Gasteiger partial charge in [-0.15, -0.1) is 0 Å². The first-order valence-electron chi connectivity index (χ1n) is 9.48. The molecule has 28 heavy (non-hydrogen) atoms. The Morgan fingerprint density at radius 3 is 2.46 bits per heavy atom. The Morgan fingerprint density at radius 1 is 0.857 bits per heavy atom. The van der Waals surface area contributed by atoms with Gasteiger partial charge in [0.2, 0.25) is 5.88 Å². The summed E-state index contributed by atoms with van der Waals surface area (Å²) in [6.07, 6.45) is 10.9. The van der Waals surface area contributed by atoms with Gasteiger partial charge >= 0.3 is 0 Å². The van der Waals surface area contributed by atoms with Crippen molar-refractivity contribution in [3.05, 3.63) is 90.3 Å². The number of hydrogen-bond acceptors (Lipinski definition) is 5. The monoisotopic (exact) mass is 370 g/mol. The Kier molecular flexibility index (Phi) is 5.52. The van der Waals surface area contributed by atoms with Gasteiger partial charge in [-0.05, 0) is 54.5 Å². The molecule has 3 heterocycles. The Labute approximate surface area is 164 Å². The maximum atomic E-state index is 5.48. The van der Waals surface area contributed by atoms with E-state index in [1.807, 2.05) is 56.0 Å². The average molecular weight is 370 g/mol. The summed E-state index contributed by atoms with van der Waals surface area (Å²) in [5, 5.41) is 1.16. The lowest BCUT2D eigenvalue weighted by Crippen LogP contribution is -2.08. The Morgan fingerprint density at radius 2 is 1.68 bits per heavy atom. The first-order chi connectivity index (χ1) is 13.8. The fourth-order valence-electron chi connectivity index (χ4n) is 3.41. The van der Waals surface area contributed by atoms with Crippen LogP contribution in [0.4, 0.5) is 0 Å². The van der Waals surface area contributed by atoms with E-state index in [1.54, 1.807) is 6.33 Å². The third-order valence-electron chi connectivity index (χ3n) is 4.75. The van der Waals surface area contributed by atoms with Crippen LogP contribution in [0, 0.1) is 0 Å². The average Bonchev–Trinajstić information content (AvgIpc) is 2.75. The highest BCUT2D eigenvalue weighted by Gasteiger charge is 2.15. The minimum absolute atomic E-state index is 0.247. The summed E-state index contributed by atoms with van der Waals surface area (Å²) in [4.78, 5) is 17.4. The van der Waals surface area contributed by atoms with Crippen LogP contribution in [0.25, 0.3) is 10.9 Å². The maximum absolute atomic E-state index is 5.48. The van der Waals surface area contributed by atoms with E-state index in [1.165, 1.54) is 11.1 Å². The quantitative estimate of drug-likeness (QED) is 0.483. The van der Waals surface area contributed by atoms with E-state index in [0.717, 1.165) is 29.3 Å². The van der Waals surface area contributed by atoms with E-state index in [2.05, 4.69) is 38.1 Å². The molecule has 140 valence electrons. The number of pyridine rings is 2. The molecule has 3 aromatic heterocycles. The van der Waals surface area contributed by atoms with Crippen LogP contribution in [0.1, 0.15) is 29.5 Å². The number of para-hydroxylation sites is 1. The van der Waals surface area contributed by atoms with Crippen molar-refractivity contribution in [2.75, 3.05) is 6.61 Å². The van der Waals surface area contributed by atoms with Crippen molar-refractivity contribution in [1.82, 2.24) is 19.9 Å². The summed E-state index contributed by atoms with van der Waals surface area (Å²) in [6.45, 7) is 2.57. The van der Waals surface area contributed by atoms with Gasteiger partial charge in [0.1, 0.15) is 6.33 Å². The van der Waals surface area contributed by atoms with E-state index in [0.29, 0.717) is 12.5 Å². The number of rotatable bonds is 7. The van der Waals surface area contributed by atoms with E-state index in [-0.39, 0.29) is 5.92 Å². The van der Waals surface area contributed by atoms with Crippen LogP contribution in [-0.4, -0.2) is 26.5 Å². The molecule has 1 aromatic carbocycles. The summed E-state index contributed by atoms with van der Waals surface area (Å²) in [5.41, 5.74) is 4.49. The van der Waals surface area contributed by atoms with Crippen LogP contribution in [0.15, 0.2) is 73.6 Å². The molecule has 0 saturated carbocycles. The van der Waals surface area contributed by atoms with Gasteiger partial charge in [-0.1, -0.05) is 24.3 Å². The van der Waals surface area contributed by atoms with E-state index in [9.17, 15) is 0 Å².